The molecule has 22 heavy (non-hydrogen) atoms. The fraction of sp³-hybridized carbons (Fsp3) is 0.400. The van der Waals surface area contributed by atoms with Crippen LogP contribution in [0.2, 0.25) is 0 Å². The van der Waals surface area contributed by atoms with Crippen molar-refractivity contribution in [3.8, 4) is 0 Å². The first-order valence-electron chi connectivity index (χ1n) is 7.10. The van der Waals surface area contributed by atoms with Gasteiger partial charge in [-0.15, -0.1) is 0 Å². The molecule has 3 rings (SSSR count). The quantitative estimate of drug-likeness (QED) is 0.765. The first-order valence-corrected chi connectivity index (χ1v) is 7.10. The van der Waals surface area contributed by atoms with Crippen molar-refractivity contribution in [2.45, 2.75) is 25.4 Å². The van der Waals surface area contributed by atoms with Gasteiger partial charge in [0.15, 0.2) is 11.3 Å². The molecule has 1 amide bonds. The van der Waals surface area contributed by atoms with Crippen molar-refractivity contribution in [1.82, 2.24) is 15.1 Å². The summed E-state index contributed by atoms with van der Waals surface area (Å²) in [5.41, 5.74) is 0.412. The largest absolute Gasteiger partial charge is 0.479 e. The molecule has 0 atom stereocenters. The number of fused-ring (bicyclic) bond motifs is 1. The van der Waals surface area contributed by atoms with Gasteiger partial charge in [0, 0.05) is 31.3 Å². The zero-order valence-electron chi connectivity index (χ0n) is 12.2. The van der Waals surface area contributed by atoms with Crippen molar-refractivity contribution in [1.29, 1.82) is 0 Å². The highest BCUT2D eigenvalue weighted by Gasteiger charge is 2.40. The number of nitrogens with zero attached hydrogens (tertiary/aromatic N) is 2. The molecule has 0 bridgehead atoms. The molecule has 2 heterocycles. The molecule has 0 unspecified atom stereocenters. The lowest BCUT2D eigenvalue weighted by Crippen LogP contribution is -2.50. The molecule has 7 heteroatoms. The molecular weight excluding hydrogens is 286 g/mol. The first kappa shape index (κ1) is 14.5. The van der Waals surface area contributed by atoms with Crippen LogP contribution < -0.4 is 0 Å². The van der Waals surface area contributed by atoms with E-state index in [1.54, 1.807) is 0 Å². The third kappa shape index (κ3) is 2.33. The second kappa shape index (κ2) is 5.10. The summed E-state index contributed by atoms with van der Waals surface area (Å²) in [7, 11) is 0. The van der Waals surface area contributed by atoms with Gasteiger partial charge in [0.1, 0.15) is 0 Å². The number of amides is 1. The Labute approximate surface area is 126 Å². The van der Waals surface area contributed by atoms with Crippen LogP contribution in [0.25, 0.3) is 10.9 Å². The summed E-state index contributed by atoms with van der Waals surface area (Å²) >= 11 is 0. The van der Waals surface area contributed by atoms with Gasteiger partial charge in [0.05, 0.1) is 5.52 Å². The lowest BCUT2D eigenvalue weighted by Gasteiger charge is -2.35. The fourth-order valence-electron chi connectivity index (χ4n) is 2.73. The molecule has 0 saturated carbocycles. The van der Waals surface area contributed by atoms with Gasteiger partial charge in [-0.3, -0.25) is 9.89 Å². The molecule has 3 N–H and O–H groups in total. The number of aromatic amines is 1. The molecule has 1 fully saturated rings. The van der Waals surface area contributed by atoms with Crippen LogP contribution in [0.15, 0.2) is 18.2 Å². The molecule has 1 aliphatic rings. The smallest absolute Gasteiger partial charge is 0.335 e. The van der Waals surface area contributed by atoms with E-state index in [2.05, 4.69) is 10.2 Å². The Morgan fingerprint density at radius 2 is 2.00 bits per heavy atom. The zero-order valence-corrected chi connectivity index (χ0v) is 12.2. The van der Waals surface area contributed by atoms with Crippen LogP contribution in [-0.2, 0) is 4.79 Å². The molecule has 1 aliphatic heterocycles. The number of carboxylic acid groups (broad SMARTS) is 1. The van der Waals surface area contributed by atoms with Crippen LogP contribution in [-0.4, -0.2) is 55.9 Å². The molecule has 0 radical (unpaired) electrons. The maximum absolute atomic E-state index is 12.6. The SMILES string of the molecule is Cc1ccc2[nH]nc(C(=O)N3CCC(O)(C(=O)O)CC3)c2c1. The number of aliphatic carboxylic acids is 1. The normalized spacial score (nSPS) is 17.6. The van der Waals surface area contributed by atoms with Gasteiger partial charge in [-0.1, -0.05) is 11.6 Å². The number of benzene rings is 1. The van der Waals surface area contributed by atoms with Crippen molar-refractivity contribution >= 4 is 22.8 Å². The molecule has 0 spiro atoms. The highest BCUT2D eigenvalue weighted by Crippen LogP contribution is 2.25. The van der Waals surface area contributed by atoms with Gasteiger partial charge >= 0.3 is 5.97 Å². The number of piperidine rings is 1. The Balaban J connectivity index is 1.83. The van der Waals surface area contributed by atoms with E-state index in [-0.39, 0.29) is 31.8 Å². The van der Waals surface area contributed by atoms with Crippen molar-refractivity contribution in [3.05, 3.63) is 29.5 Å². The van der Waals surface area contributed by atoms with E-state index < -0.39 is 11.6 Å². The third-order valence-corrected chi connectivity index (χ3v) is 4.20. The summed E-state index contributed by atoms with van der Waals surface area (Å²) in [6, 6.07) is 5.69. The number of likely N-dealkylation sites (tertiary alicyclic amines) is 1. The average molecular weight is 303 g/mol. The van der Waals surface area contributed by atoms with E-state index in [1.807, 2.05) is 25.1 Å². The first-order chi connectivity index (χ1) is 10.4. The molecule has 116 valence electrons. The number of hydrogen-bond donors (Lipinski definition) is 3. The maximum Gasteiger partial charge on any atom is 0.335 e. The Bertz CT molecular complexity index is 744. The minimum absolute atomic E-state index is 0.0233. The van der Waals surface area contributed by atoms with Crippen molar-refractivity contribution in [2.75, 3.05) is 13.1 Å². The molecular formula is C15H17N3O4. The summed E-state index contributed by atoms with van der Waals surface area (Å²) < 4.78 is 0. The Morgan fingerprint density at radius 3 is 2.64 bits per heavy atom. The van der Waals surface area contributed by atoms with Crippen molar-refractivity contribution in [2.24, 2.45) is 0 Å². The number of H-pyrrole nitrogens is 1. The summed E-state index contributed by atoms with van der Waals surface area (Å²) in [5, 5.41) is 26.6. The average Bonchev–Trinajstić information content (AvgIpc) is 2.90. The fourth-order valence-corrected chi connectivity index (χ4v) is 2.73. The number of hydrogen-bond acceptors (Lipinski definition) is 4. The lowest BCUT2D eigenvalue weighted by atomic mass is 9.91. The standard InChI is InChI=1S/C15H17N3O4/c1-9-2-3-11-10(8-9)12(17-16-11)13(19)18-6-4-15(22,5-7-18)14(20)21/h2-3,8,22H,4-7H2,1H3,(H,16,17)(H,20,21). The van der Waals surface area contributed by atoms with Gasteiger partial charge in [-0.2, -0.15) is 5.10 Å². The van der Waals surface area contributed by atoms with Crippen LogP contribution in [0.5, 0.6) is 0 Å². The Hall–Kier alpha value is -2.41. The summed E-state index contributed by atoms with van der Waals surface area (Å²) in [6.45, 7) is 2.33. The number of aryl methyl sites for hydroxylation is 1. The van der Waals surface area contributed by atoms with E-state index in [9.17, 15) is 14.7 Å². The van der Waals surface area contributed by atoms with E-state index in [1.165, 1.54) is 4.90 Å². The number of carbonyl (C=O) groups is 2. The molecule has 0 aliphatic carbocycles. The minimum atomic E-state index is -1.74. The molecule has 1 aromatic heterocycles. The van der Waals surface area contributed by atoms with Gasteiger partial charge in [-0.25, -0.2) is 4.79 Å². The second-order valence-electron chi connectivity index (χ2n) is 5.75. The predicted octanol–water partition coefficient (Wildman–Crippen LogP) is 0.923. The second-order valence-corrected chi connectivity index (χ2v) is 5.75. The highest BCUT2D eigenvalue weighted by atomic mass is 16.4. The summed E-state index contributed by atoms with van der Waals surface area (Å²) in [5.74, 6) is -1.48. The Morgan fingerprint density at radius 1 is 1.32 bits per heavy atom. The number of nitrogens with one attached hydrogen (secondary N) is 1. The summed E-state index contributed by atoms with van der Waals surface area (Å²) in [4.78, 5) is 25.1. The van der Waals surface area contributed by atoms with E-state index in [0.717, 1.165) is 16.5 Å². The zero-order chi connectivity index (χ0) is 15.9. The lowest BCUT2D eigenvalue weighted by molar-refractivity contribution is -0.162. The van der Waals surface area contributed by atoms with Crippen LogP contribution >= 0.6 is 0 Å². The molecule has 2 aromatic rings. The maximum atomic E-state index is 12.6. The number of rotatable bonds is 2. The monoisotopic (exact) mass is 303 g/mol. The van der Waals surface area contributed by atoms with E-state index in [0.29, 0.717) is 5.69 Å². The third-order valence-electron chi connectivity index (χ3n) is 4.20. The number of carboxylic acids is 1. The van der Waals surface area contributed by atoms with E-state index >= 15 is 0 Å². The predicted molar refractivity (Wildman–Crippen MR) is 78.6 cm³/mol. The van der Waals surface area contributed by atoms with Crippen LogP contribution in [0.4, 0.5) is 0 Å². The highest BCUT2D eigenvalue weighted by molar-refractivity contribution is 6.04. The van der Waals surface area contributed by atoms with E-state index in [4.69, 9.17) is 5.11 Å². The van der Waals surface area contributed by atoms with Gasteiger partial charge in [0.2, 0.25) is 0 Å². The van der Waals surface area contributed by atoms with Crippen molar-refractivity contribution < 1.29 is 19.8 Å². The molecule has 1 aromatic carbocycles. The van der Waals surface area contributed by atoms with Gasteiger partial charge < -0.3 is 15.1 Å². The van der Waals surface area contributed by atoms with Crippen LogP contribution in [0, 0.1) is 6.92 Å². The topological polar surface area (TPSA) is 107 Å². The molecule has 7 nitrogen and oxygen atoms in total. The minimum Gasteiger partial charge on any atom is -0.479 e. The number of aromatic nitrogens is 2. The Kier molecular flexibility index (Phi) is 3.37. The van der Waals surface area contributed by atoms with Gasteiger partial charge in [-0.05, 0) is 19.1 Å². The summed E-state index contributed by atoms with van der Waals surface area (Å²) in [6.07, 6.45) is 0.0465. The molecule has 1 saturated heterocycles. The van der Waals surface area contributed by atoms with Crippen LogP contribution in [0.3, 0.4) is 0 Å². The number of carbonyl (C=O) groups excluding carboxylic acids is 1. The number of aliphatic hydroxyl groups is 1. The van der Waals surface area contributed by atoms with Crippen molar-refractivity contribution in [3.63, 3.8) is 0 Å². The van der Waals surface area contributed by atoms with Crippen LogP contribution in [0.1, 0.15) is 28.9 Å². The van der Waals surface area contributed by atoms with Gasteiger partial charge in [0.25, 0.3) is 5.91 Å².